The van der Waals surface area contributed by atoms with Gasteiger partial charge in [0.2, 0.25) is 5.91 Å². The topological polar surface area (TPSA) is 61.9 Å². The molecule has 2 aliphatic heterocycles. The number of carbonyl (C=O) groups excluding carboxylic acids is 2. The fraction of sp³-hybridized carbons (Fsp3) is 0.448. The number of carbonyl (C=O) groups is 2. The normalized spacial score (nSPS) is 17.3. The molecule has 2 saturated heterocycles. The van der Waals surface area contributed by atoms with Gasteiger partial charge >= 0.3 is 6.03 Å². The molecule has 0 atom stereocenters. The van der Waals surface area contributed by atoms with Crippen LogP contribution in [0.15, 0.2) is 42.5 Å². The van der Waals surface area contributed by atoms with E-state index >= 15 is 0 Å². The lowest BCUT2D eigenvalue weighted by atomic mass is 9.78. The SMILES string of the molecule is CCOc1ccccc1C=CC(=O)N1CCC2(CC1)CCN(C(=O)Nc1cc(C)c(C)cc1C)C2. The van der Waals surface area contributed by atoms with Crippen LogP contribution < -0.4 is 10.1 Å². The van der Waals surface area contributed by atoms with E-state index in [1.807, 2.05) is 54.0 Å². The zero-order valence-corrected chi connectivity index (χ0v) is 21.4. The number of hydrogen-bond donors (Lipinski definition) is 1. The molecule has 35 heavy (non-hydrogen) atoms. The van der Waals surface area contributed by atoms with Crippen molar-refractivity contribution >= 4 is 23.7 Å². The molecule has 0 radical (unpaired) electrons. The first kappa shape index (κ1) is 24.8. The maximum Gasteiger partial charge on any atom is 0.321 e. The largest absolute Gasteiger partial charge is 0.493 e. The highest BCUT2D eigenvalue weighted by molar-refractivity contribution is 5.92. The quantitative estimate of drug-likeness (QED) is 0.575. The molecule has 186 valence electrons. The second-order valence-electron chi connectivity index (χ2n) is 9.98. The Balaban J connectivity index is 1.31. The van der Waals surface area contributed by atoms with Crippen molar-refractivity contribution in [2.24, 2.45) is 5.41 Å². The van der Waals surface area contributed by atoms with Crippen molar-refractivity contribution in [3.8, 4) is 5.75 Å². The third kappa shape index (κ3) is 5.69. The number of urea groups is 1. The summed E-state index contributed by atoms with van der Waals surface area (Å²) in [7, 11) is 0. The molecule has 3 amide bonds. The second-order valence-corrected chi connectivity index (χ2v) is 9.98. The molecule has 6 heteroatoms. The van der Waals surface area contributed by atoms with Gasteiger partial charge in [0, 0.05) is 43.5 Å². The average Bonchev–Trinajstić information content (AvgIpc) is 3.26. The van der Waals surface area contributed by atoms with Crippen LogP contribution in [0.3, 0.4) is 0 Å². The van der Waals surface area contributed by atoms with E-state index in [1.54, 1.807) is 6.08 Å². The van der Waals surface area contributed by atoms with Crippen molar-refractivity contribution in [1.82, 2.24) is 9.80 Å². The van der Waals surface area contributed by atoms with Gasteiger partial charge in [0.25, 0.3) is 0 Å². The highest BCUT2D eigenvalue weighted by Crippen LogP contribution is 2.40. The van der Waals surface area contributed by atoms with Crippen LogP contribution in [-0.2, 0) is 4.79 Å². The Bertz CT molecular complexity index is 1120. The molecule has 1 spiro atoms. The number of nitrogens with one attached hydrogen (secondary N) is 1. The van der Waals surface area contributed by atoms with E-state index in [2.05, 4.69) is 31.3 Å². The smallest absolute Gasteiger partial charge is 0.321 e. The van der Waals surface area contributed by atoms with Gasteiger partial charge in [-0.15, -0.1) is 0 Å². The molecular weight excluding hydrogens is 438 g/mol. The minimum atomic E-state index is -0.0253. The molecule has 2 aromatic carbocycles. The molecule has 6 nitrogen and oxygen atoms in total. The van der Waals surface area contributed by atoms with E-state index in [0.29, 0.717) is 6.61 Å². The monoisotopic (exact) mass is 475 g/mol. The minimum Gasteiger partial charge on any atom is -0.493 e. The highest BCUT2D eigenvalue weighted by atomic mass is 16.5. The van der Waals surface area contributed by atoms with Crippen molar-refractivity contribution < 1.29 is 14.3 Å². The number of piperidine rings is 1. The fourth-order valence-corrected chi connectivity index (χ4v) is 5.18. The summed E-state index contributed by atoms with van der Waals surface area (Å²) in [4.78, 5) is 29.7. The van der Waals surface area contributed by atoms with Crippen LogP contribution in [0.2, 0.25) is 0 Å². The summed E-state index contributed by atoms with van der Waals surface area (Å²) in [6.45, 7) is 11.7. The van der Waals surface area contributed by atoms with E-state index in [1.165, 1.54) is 11.1 Å². The number of hydrogen-bond acceptors (Lipinski definition) is 3. The number of anilines is 1. The average molecular weight is 476 g/mol. The summed E-state index contributed by atoms with van der Waals surface area (Å²) in [5.74, 6) is 0.820. The number of amides is 3. The van der Waals surface area contributed by atoms with E-state index in [4.69, 9.17) is 4.74 Å². The Labute approximate surface area is 208 Å². The van der Waals surface area contributed by atoms with Crippen LogP contribution in [-0.4, -0.2) is 54.5 Å². The number of ether oxygens (including phenoxy) is 1. The molecule has 0 unspecified atom stereocenters. The number of likely N-dealkylation sites (tertiary alicyclic amines) is 2. The summed E-state index contributed by atoms with van der Waals surface area (Å²) in [5.41, 5.74) is 5.40. The molecule has 2 aromatic rings. The lowest BCUT2D eigenvalue weighted by Gasteiger charge is -2.38. The number of benzene rings is 2. The minimum absolute atomic E-state index is 0.0253. The first-order chi connectivity index (χ1) is 16.8. The van der Waals surface area contributed by atoms with E-state index in [0.717, 1.165) is 68.0 Å². The van der Waals surface area contributed by atoms with Crippen molar-refractivity contribution in [3.05, 3.63) is 64.7 Å². The summed E-state index contributed by atoms with van der Waals surface area (Å²) >= 11 is 0. The van der Waals surface area contributed by atoms with Gasteiger partial charge in [-0.25, -0.2) is 4.79 Å². The van der Waals surface area contributed by atoms with Crippen molar-refractivity contribution in [2.75, 3.05) is 38.1 Å². The Morgan fingerprint density at radius 1 is 0.971 bits per heavy atom. The van der Waals surface area contributed by atoms with Gasteiger partial charge in [-0.1, -0.05) is 24.3 Å². The Morgan fingerprint density at radius 2 is 1.63 bits per heavy atom. The van der Waals surface area contributed by atoms with Gasteiger partial charge in [-0.05, 0) is 87.3 Å². The zero-order chi connectivity index (χ0) is 25.0. The molecule has 2 aliphatic rings. The summed E-state index contributed by atoms with van der Waals surface area (Å²) in [6, 6.07) is 11.9. The lowest BCUT2D eigenvalue weighted by Crippen LogP contribution is -2.44. The highest BCUT2D eigenvalue weighted by Gasteiger charge is 2.42. The van der Waals surface area contributed by atoms with Crippen LogP contribution >= 0.6 is 0 Å². The third-order valence-electron chi connectivity index (χ3n) is 7.57. The Kier molecular flexibility index (Phi) is 7.48. The number of para-hydroxylation sites is 1. The maximum absolute atomic E-state index is 13.0. The van der Waals surface area contributed by atoms with E-state index in [9.17, 15) is 9.59 Å². The molecular formula is C29H37N3O3. The molecule has 2 fully saturated rings. The van der Waals surface area contributed by atoms with Gasteiger partial charge in [0.05, 0.1) is 6.61 Å². The van der Waals surface area contributed by atoms with Crippen molar-refractivity contribution in [3.63, 3.8) is 0 Å². The zero-order valence-electron chi connectivity index (χ0n) is 21.4. The maximum atomic E-state index is 13.0. The van der Waals surface area contributed by atoms with Gasteiger partial charge in [-0.2, -0.15) is 0 Å². The Hall–Kier alpha value is -3.28. The third-order valence-corrected chi connectivity index (χ3v) is 7.57. The summed E-state index contributed by atoms with van der Waals surface area (Å²) in [5, 5.41) is 3.12. The molecule has 0 aromatic heterocycles. The molecule has 4 rings (SSSR count). The molecule has 2 heterocycles. The van der Waals surface area contributed by atoms with E-state index < -0.39 is 0 Å². The summed E-state index contributed by atoms with van der Waals surface area (Å²) in [6.07, 6.45) is 6.33. The van der Waals surface area contributed by atoms with Gasteiger partial charge in [0.1, 0.15) is 5.75 Å². The number of nitrogens with zero attached hydrogens (tertiary/aromatic N) is 2. The molecule has 0 bridgehead atoms. The molecule has 0 aliphatic carbocycles. The van der Waals surface area contributed by atoms with Crippen LogP contribution in [0.1, 0.15) is 48.4 Å². The van der Waals surface area contributed by atoms with Gasteiger partial charge in [-0.3, -0.25) is 4.79 Å². The first-order valence-corrected chi connectivity index (χ1v) is 12.6. The predicted molar refractivity (Wildman–Crippen MR) is 141 cm³/mol. The van der Waals surface area contributed by atoms with Crippen LogP contribution in [0, 0.1) is 26.2 Å². The Morgan fingerprint density at radius 3 is 2.34 bits per heavy atom. The van der Waals surface area contributed by atoms with Crippen molar-refractivity contribution in [1.29, 1.82) is 0 Å². The standard InChI is InChI=1S/C29H37N3O3/c1-5-35-26-9-7-6-8-24(26)10-11-27(33)31-15-12-29(13-16-31)14-17-32(20-29)28(34)30-25-19-22(3)21(2)18-23(25)4/h6-11,18-19H,5,12-17,20H2,1-4H3,(H,30,34). The fourth-order valence-electron chi connectivity index (χ4n) is 5.18. The van der Waals surface area contributed by atoms with Gasteiger partial charge < -0.3 is 19.9 Å². The van der Waals surface area contributed by atoms with Gasteiger partial charge in [0.15, 0.2) is 0 Å². The number of aryl methyl sites for hydroxylation is 3. The summed E-state index contributed by atoms with van der Waals surface area (Å²) < 4.78 is 5.65. The van der Waals surface area contributed by atoms with Crippen LogP contribution in [0.5, 0.6) is 5.75 Å². The molecule has 0 saturated carbocycles. The second kappa shape index (κ2) is 10.5. The first-order valence-electron chi connectivity index (χ1n) is 12.6. The van der Waals surface area contributed by atoms with Crippen molar-refractivity contribution in [2.45, 2.75) is 47.0 Å². The van der Waals surface area contributed by atoms with Crippen LogP contribution in [0.25, 0.3) is 6.08 Å². The lowest BCUT2D eigenvalue weighted by molar-refractivity contribution is -0.128. The van der Waals surface area contributed by atoms with E-state index in [-0.39, 0.29) is 17.4 Å². The van der Waals surface area contributed by atoms with Crippen LogP contribution in [0.4, 0.5) is 10.5 Å². The number of rotatable bonds is 5. The molecule has 1 N–H and O–H groups in total. The predicted octanol–water partition coefficient (Wildman–Crippen LogP) is 5.57.